The number of carboxylic acid groups (broad SMARTS) is 1. The Morgan fingerprint density at radius 1 is 1.38 bits per heavy atom. The molecule has 1 amide bonds. The zero-order valence-corrected chi connectivity index (χ0v) is 12.4. The fourth-order valence-corrected chi connectivity index (χ4v) is 1.85. The predicted octanol–water partition coefficient (Wildman–Crippen LogP) is 2.16. The first-order valence-corrected chi connectivity index (χ1v) is 6.87. The molecule has 6 heteroatoms. The van der Waals surface area contributed by atoms with Crippen LogP contribution in [0.3, 0.4) is 0 Å². The number of anilines is 1. The molecule has 21 heavy (non-hydrogen) atoms. The summed E-state index contributed by atoms with van der Waals surface area (Å²) < 4.78 is 13.4. The van der Waals surface area contributed by atoms with Gasteiger partial charge in [-0.05, 0) is 30.5 Å². The Morgan fingerprint density at radius 2 is 2.05 bits per heavy atom. The molecule has 0 heterocycles. The van der Waals surface area contributed by atoms with E-state index in [-0.39, 0.29) is 12.5 Å². The van der Waals surface area contributed by atoms with Crippen molar-refractivity contribution in [2.24, 2.45) is 5.92 Å². The molecule has 0 bridgehead atoms. The molecule has 0 fully saturated rings. The van der Waals surface area contributed by atoms with Gasteiger partial charge in [0.1, 0.15) is 11.9 Å². The van der Waals surface area contributed by atoms with E-state index in [9.17, 15) is 14.0 Å². The molecule has 116 valence electrons. The van der Waals surface area contributed by atoms with E-state index in [2.05, 4.69) is 10.6 Å². The van der Waals surface area contributed by atoms with Gasteiger partial charge in [0.05, 0.1) is 6.54 Å². The first-order chi connectivity index (χ1) is 9.85. The van der Waals surface area contributed by atoms with E-state index in [4.69, 9.17) is 5.11 Å². The van der Waals surface area contributed by atoms with Crippen molar-refractivity contribution in [3.05, 3.63) is 29.6 Å². The minimum Gasteiger partial charge on any atom is -0.480 e. The number of aryl methyl sites for hydroxylation is 1. The topological polar surface area (TPSA) is 78.4 Å². The number of nitrogens with one attached hydrogen (secondary N) is 2. The standard InChI is InChI=1S/C15H21FN2O3/c1-4-9(2)14(15(20)21)17-8-13(19)18-11-6-5-10(3)12(16)7-11/h5-7,9,14,17H,4,8H2,1-3H3,(H,18,19)(H,20,21)/t9-,14-/m0/s1. The van der Waals surface area contributed by atoms with Crippen LogP contribution >= 0.6 is 0 Å². The number of carboxylic acids is 1. The Bertz CT molecular complexity index is 520. The summed E-state index contributed by atoms with van der Waals surface area (Å²) in [6.45, 7) is 5.18. The van der Waals surface area contributed by atoms with Crippen molar-refractivity contribution in [3.63, 3.8) is 0 Å². The smallest absolute Gasteiger partial charge is 0.320 e. The van der Waals surface area contributed by atoms with Crippen LogP contribution in [0.25, 0.3) is 0 Å². The Hall–Kier alpha value is -1.95. The van der Waals surface area contributed by atoms with Gasteiger partial charge in [0, 0.05) is 5.69 Å². The minimum absolute atomic E-state index is 0.0906. The lowest BCUT2D eigenvalue weighted by atomic mass is 9.99. The number of halogens is 1. The fourth-order valence-electron chi connectivity index (χ4n) is 1.85. The van der Waals surface area contributed by atoms with Gasteiger partial charge < -0.3 is 10.4 Å². The van der Waals surface area contributed by atoms with Crippen molar-refractivity contribution in [3.8, 4) is 0 Å². The lowest BCUT2D eigenvalue weighted by Crippen LogP contribution is -2.45. The molecule has 0 aliphatic carbocycles. The molecular weight excluding hydrogens is 275 g/mol. The summed E-state index contributed by atoms with van der Waals surface area (Å²) in [5.41, 5.74) is 0.842. The monoisotopic (exact) mass is 296 g/mol. The van der Waals surface area contributed by atoms with Crippen LogP contribution in [0.5, 0.6) is 0 Å². The molecule has 0 radical (unpaired) electrons. The lowest BCUT2D eigenvalue weighted by Gasteiger charge is -2.19. The van der Waals surface area contributed by atoms with Gasteiger partial charge in [0.15, 0.2) is 0 Å². The van der Waals surface area contributed by atoms with Crippen LogP contribution in [-0.4, -0.2) is 29.6 Å². The number of carbonyl (C=O) groups is 2. The second-order valence-electron chi connectivity index (χ2n) is 5.09. The highest BCUT2D eigenvalue weighted by Crippen LogP contribution is 2.13. The van der Waals surface area contributed by atoms with Crippen molar-refractivity contribution in [2.75, 3.05) is 11.9 Å². The van der Waals surface area contributed by atoms with Crippen LogP contribution < -0.4 is 10.6 Å². The van der Waals surface area contributed by atoms with Gasteiger partial charge in [0.25, 0.3) is 0 Å². The van der Waals surface area contributed by atoms with Gasteiger partial charge in [0.2, 0.25) is 5.91 Å². The van der Waals surface area contributed by atoms with Crippen molar-refractivity contribution in [2.45, 2.75) is 33.2 Å². The number of hydrogen-bond donors (Lipinski definition) is 3. The Labute approximate surface area is 123 Å². The Morgan fingerprint density at radius 3 is 2.57 bits per heavy atom. The summed E-state index contributed by atoms with van der Waals surface area (Å²) in [5.74, 6) is -1.89. The van der Waals surface area contributed by atoms with Gasteiger partial charge >= 0.3 is 5.97 Å². The summed E-state index contributed by atoms with van der Waals surface area (Å²) in [6, 6.07) is 3.61. The van der Waals surface area contributed by atoms with Gasteiger partial charge in [-0.1, -0.05) is 26.3 Å². The number of carbonyl (C=O) groups excluding carboxylic acids is 1. The van der Waals surface area contributed by atoms with Crippen LogP contribution in [0, 0.1) is 18.7 Å². The molecule has 1 rings (SSSR count). The second-order valence-corrected chi connectivity index (χ2v) is 5.09. The van der Waals surface area contributed by atoms with Crippen LogP contribution in [0.4, 0.5) is 10.1 Å². The molecule has 5 nitrogen and oxygen atoms in total. The molecule has 1 aromatic rings. The number of benzene rings is 1. The highest BCUT2D eigenvalue weighted by Gasteiger charge is 2.23. The number of amides is 1. The van der Waals surface area contributed by atoms with Gasteiger partial charge in [-0.2, -0.15) is 0 Å². The first kappa shape index (κ1) is 17.1. The quantitative estimate of drug-likeness (QED) is 0.720. The average Bonchev–Trinajstić information content (AvgIpc) is 2.42. The predicted molar refractivity (Wildman–Crippen MR) is 78.6 cm³/mol. The largest absolute Gasteiger partial charge is 0.480 e. The molecule has 0 aromatic heterocycles. The van der Waals surface area contributed by atoms with E-state index in [1.54, 1.807) is 26.0 Å². The van der Waals surface area contributed by atoms with E-state index in [1.165, 1.54) is 6.07 Å². The SMILES string of the molecule is CC[C@H](C)[C@H](NCC(=O)Nc1ccc(C)c(F)c1)C(=O)O. The first-order valence-electron chi connectivity index (χ1n) is 6.87. The molecule has 0 aliphatic rings. The van der Waals surface area contributed by atoms with Gasteiger partial charge in [-0.15, -0.1) is 0 Å². The third kappa shape index (κ3) is 5.15. The van der Waals surface area contributed by atoms with E-state index in [0.29, 0.717) is 17.7 Å². The summed E-state index contributed by atoms with van der Waals surface area (Å²) >= 11 is 0. The van der Waals surface area contributed by atoms with Gasteiger partial charge in [-0.25, -0.2) is 4.39 Å². The average molecular weight is 296 g/mol. The van der Waals surface area contributed by atoms with Crippen LogP contribution in [0.1, 0.15) is 25.8 Å². The van der Waals surface area contributed by atoms with E-state index in [0.717, 1.165) is 0 Å². The Kier molecular flexibility index (Phi) is 6.30. The molecular formula is C15H21FN2O3. The van der Waals surface area contributed by atoms with Crippen LogP contribution in [0.15, 0.2) is 18.2 Å². The van der Waals surface area contributed by atoms with Crippen molar-refractivity contribution in [1.29, 1.82) is 0 Å². The molecule has 0 spiro atoms. The van der Waals surface area contributed by atoms with Crippen molar-refractivity contribution >= 4 is 17.6 Å². The van der Waals surface area contributed by atoms with Crippen molar-refractivity contribution in [1.82, 2.24) is 5.32 Å². The third-order valence-corrected chi connectivity index (χ3v) is 3.42. The summed E-state index contributed by atoms with van der Waals surface area (Å²) in [6.07, 6.45) is 0.689. The molecule has 0 saturated carbocycles. The molecule has 0 unspecified atom stereocenters. The molecule has 0 saturated heterocycles. The summed E-state index contributed by atoms with van der Waals surface area (Å²) in [7, 11) is 0. The summed E-state index contributed by atoms with van der Waals surface area (Å²) in [5, 5.41) is 14.3. The molecule has 1 aromatic carbocycles. The maximum atomic E-state index is 13.4. The normalized spacial score (nSPS) is 13.5. The highest BCUT2D eigenvalue weighted by molar-refractivity contribution is 5.92. The maximum Gasteiger partial charge on any atom is 0.320 e. The van der Waals surface area contributed by atoms with Crippen LogP contribution in [0.2, 0.25) is 0 Å². The minimum atomic E-state index is -0.987. The number of rotatable bonds is 7. The molecule has 2 atom stereocenters. The number of aliphatic carboxylic acids is 1. The zero-order chi connectivity index (χ0) is 16.0. The second kappa shape index (κ2) is 7.73. The Balaban J connectivity index is 2.56. The lowest BCUT2D eigenvalue weighted by molar-refractivity contribution is -0.140. The van der Waals surface area contributed by atoms with Crippen molar-refractivity contribution < 1.29 is 19.1 Å². The maximum absolute atomic E-state index is 13.4. The van der Waals surface area contributed by atoms with E-state index in [1.807, 2.05) is 6.92 Å². The zero-order valence-electron chi connectivity index (χ0n) is 12.4. The molecule has 0 aliphatic heterocycles. The van der Waals surface area contributed by atoms with Gasteiger partial charge in [-0.3, -0.25) is 14.9 Å². The van der Waals surface area contributed by atoms with E-state index < -0.39 is 23.7 Å². The fraction of sp³-hybridized carbons (Fsp3) is 0.467. The number of hydrogen-bond acceptors (Lipinski definition) is 3. The molecule has 3 N–H and O–H groups in total. The van der Waals surface area contributed by atoms with Crippen LogP contribution in [-0.2, 0) is 9.59 Å². The van der Waals surface area contributed by atoms with E-state index >= 15 is 0 Å². The third-order valence-electron chi connectivity index (χ3n) is 3.42. The summed E-state index contributed by atoms with van der Waals surface area (Å²) in [4.78, 5) is 22.9. The highest BCUT2D eigenvalue weighted by atomic mass is 19.1.